The quantitative estimate of drug-likeness (QED) is 0.521. The van der Waals surface area contributed by atoms with Gasteiger partial charge in [0.2, 0.25) is 5.91 Å². The fraction of sp³-hybridized carbons (Fsp3) is 0.100. The van der Waals surface area contributed by atoms with Crippen molar-refractivity contribution in [1.82, 2.24) is 4.98 Å². The van der Waals surface area contributed by atoms with Gasteiger partial charge in [-0.05, 0) is 30.5 Å². The van der Waals surface area contributed by atoms with Crippen LogP contribution in [0.5, 0.6) is 0 Å². The number of hydrogen-bond donors (Lipinski definition) is 1. The lowest BCUT2D eigenvalue weighted by Crippen LogP contribution is -2.22. The number of benzene rings is 3. The summed E-state index contributed by atoms with van der Waals surface area (Å²) < 4.78 is 5.68. The van der Waals surface area contributed by atoms with Gasteiger partial charge in [0.1, 0.15) is 5.52 Å². The van der Waals surface area contributed by atoms with E-state index in [1.54, 1.807) is 0 Å². The third-order valence-electron chi connectivity index (χ3n) is 3.97. The van der Waals surface area contributed by atoms with Crippen LogP contribution in [0.1, 0.15) is 6.92 Å². The van der Waals surface area contributed by atoms with Gasteiger partial charge in [-0.25, -0.2) is 4.98 Å². The highest BCUT2D eigenvalue weighted by Gasteiger charge is 2.18. The number of nitrogens with one attached hydrogen (secondary N) is 1. The van der Waals surface area contributed by atoms with Gasteiger partial charge in [-0.1, -0.05) is 60.3 Å². The summed E-state index contributed by atoms with van der Waals surface area (Å²) in [5, 5.41) is 5.31. The molecule has 4 nitrogen and oxygen atoms in total. The Morgan fingerprint density at radius 2 is 1.80 bits per heavy atom. The third kappa shape index (κ3) is 3.23. The molecule has 1 atom stereocenters. The number of para-hydroxylation sites is 2. The molecule has 1 amide bonds. The molecule has 3 aromatic carbocycles. The number of aromatic nitrogens is 1. The van der Waals surface area contributed by atoms with Crippen LogP contribution in [-0.4, -0.2) is 16.1 Å². The average molecular weight is 348 g/mol. The molecule has 0 spiro atoms. The van der Waals surface area contributed by atoms with Gasteiger partial charge < -0.3 is 9.73 Å². The van der Waals surface area contributed by atoms with Crippen molar-refractivity contribution in [3.05, 3.63) is 66.7 Å². The minimum Gasteiger partial charge on any atom is -0.431 e. The topological polar surface area (TPSA) is 55.1 Å². The molecule has 5 heteroatoms. The first-order chi connectivity index (χ1) is 12.2. The summed E-state index contributed by atoms with van der Waals surface area (Å²) >= 11 is 1.31. The Morgan fingerprint density at radius 1 is 1.04 bits per heavy atom. The van der Waals surface area contributed by atoms with E-state index in [0.29, 0.717) is 5.22 Å². The molecule has 4 aromatic rings. The zero-order valence-corrected chi connectivity index (χ0v) is 14.4. The number of fused-ring (bicyclic) bond motifs is 2. The van der Waals surface area contributed by atoms with E-state index in [1.165, 1.54) is 11.8 Å². The Bertz CT molecular complexity index is 1020. The van der Waals surface area contributed by atoms with Crippen molar-refractivity contribution in [3.63, 3.8) is 0 Å². The minimum absolute atomic E-state index is 0.0800. The molecule has 0 fully saturated rings. The fourth-order valence-electron chi connectivity index (χ4n) is 2.67. The van der Waals surface area contributed by atoms with E-state index in [4.69, 9.17) is 4.42 Å². The second kappa shape index (κ2) is 6.61. The van der Waals surface area contributed by atoms with Crippen LogP contribution in [0.2, 0.25) is 0 Å². The molecule has 1 heterocycles. The standard InChI is InChI=1S/C20H16N2O2S/c1-13(25-20-22-17-10-4-5-12-18(17)24-20)19(23)21-16-11-6-8-14-7-2-3-9-15(14)16/h2-13H,1H3,(H,21,23). The molecular weight excluding hydrogens is 332 g/mol. The smallest absolute Gasteiger partial charge is 0.257 e. The van der Waals surface area contributed by atoms with E-state index in [9.17, 15) is 4.79 Å². The van der Waals surface area contributed by atoms with Crippen molar-refractivity contribution in [2.75, 3.05) is 5.32 Å². The highest BCUT2D eigenvalue weighted by atomic mass is 32.2. The summed E-state index contributed by atoms with van der Waals surface area (Å²) in [7, 11) is 0. The lowest BCUT2D eigenvalue weighted by molar-refractivity contribution is -0.115. The van der Waals surface area contributed by atoms with E-state index in [1.807, 2.05) is 73.7 Å². The van der Waals surface area contributed by atoms with Crippen LogP contribution in [-0.2, 0) is 4.79 Å². The summed E-state index contributed by atoms with van der Waals surface area (Å²) in [6.45, 7) is 1.85. The van der Waals surface area contributed by atoms with Crippen LogP contribution >= 0.6 is 11.8 Å². The summed E-state index contributed by atoms with van der Waals surface area (Å²) in [6.07, 6.45) is 0. The lowest BCUT2D eigenvalue weighted by atomic mass is 10.1. The van der Waals surface area contributed by atoms with E-state index in [0.717, 1.165) is 27.6 Å². The first-order valence-corrected chi connectivity index (χ1v) is 8.89. The van der Waals surface area contributed by atoms with Crippen molar-refractivity contribution >= 4 is 45.2 Å². The van der Waals surface area contributed by atoms with E-state index in [2.05, 4.69) is 10.3 Å². The first-order valence-electron chi connectivity index (χ1n) is 8.01. The highest BCUT2D eigenvalue weighted by molar-refractivity contribution is 8.00. The molecule has 0 bridgehead atoms. The molecule has 25 heavy (non-hydrogen) atoms. The number of oxazole rings is 1. The van der Waals surface area contributed by atoms with Crippen molar-refractivity contribution in [2.45, 2.75) is 17.4 Å². The number of rotatable bonds is 4. The van der Waals surface area contributed by atoms with Crippen LogP contribution in [0, 0.1) is 0 Å². The Hall–Kier alpha value is -2.79. The van der Waals surface area contributed by atoms with Crippen LogP contribution in [0.15, 0.2) is 76.4 Å². The van der Waals surface area contributed by atoms with Crippen molar-refractivity contribution < 1.29 is 9.21 Å². The summed E-state index contributed by atoms with van der Waals surface area (Å²) in [5.41, 5.74) is 2.34. The second-order valence-electron chi connectivity index (χ2n) is 5.72. The Labute approximate surface area is 149 Å². The second-order valence-corrected chi connectivity index (χ2v) is 7.02. The molecular formula is C20H16N2O2S. The molecule has 0 aliphatic heterocycles. The number of thioether (sulfide) groups is 1. The van der Waals surface area contributed by atoms with Gasteiger partial charge in [-0.3, -0.25) is 4.79 Å². The van der Waals surface area contributed by atoms with Gasteiger partial charge in [0.15, 0.2) is 5.58 Å². The Morgan fingerprint density at radius 3 is 2.68 bits per heavy atom. The number of hydrogen-bond acceptors (Lipinski definition) is 4. The van der Waals surface area contributed by atoms with E-state index in [-0.39, 0.29) is 11.2 Å². The van der Waals surface area contributed by atoms with Crippen LogP contribution in [0.3, 0.4) is 0 Å². The zero-order chi connectivity index (χ0) is 17.2. The number of carbonyl (C=O) groups excluding carboxylic acids is 1. The van der Waals surface area contributed by atoms with Gasteiger partial charge in [-0.15, -0.1) is 0 Å². The summed E-state index contributed by atoms with van der Waals surface area (Å²) in [6, 6.07) is 21.4. The maximum Gasteiger partial charge on any atom is 0.257 e. The first kappa shape index (κ1) is 15.7. The molecule has 0 saturated heterocycles. The van der Waals surface area contributed by atoms with Gasteiger partial charge in [0.05, 0.1) is 5.25 Å². The number of nitrogens with zero attached hydrogens (tertiary/aromatic N) is 1. The number of anilines is 1. The molecule has 4 rings (SSSR count). The van der Waals surface area contributed by atoms with Crippen LogP contribution in [0.25, 0.3) is 21.9 Å². The SMILES string of the molecule is CC(Sc1nc2ccccc2o1)C(=O)Nc1cccc2ccccc12. The summed E-state index contributed by atoms with van der Waals surface area (Å²) in [5.74, 6) is -0.0800. The van der Waals surface area contributed by atoms with E-state index < -0.39 is 0 Å². The van der Waals surface area contributed by atoms with Gasteiger partial charge in [0.25, 0.3) is 5.22 Å². The minimum atomic E-state index is -0.327. The largest absolute Gasteiger partial charge is 0.431 e. The highest BCUT2D eigenvalue weighted by Crippen LogP contribution is 2.28. The molecule has 1 N–H and O–H groups in total. The number of amides is 1. The third-order valence-corrected chi connectivity index (χ3v) is 4.91. The average Bonchev–Trinajstić information content (AvgIpc) is 3.04. The monoisotopic (exact) mass is 348 g/mol. The van der Waals surface area contributed by atoms with Crippen LogP contribution < -0.4 is 5.32 Å². The predicted octanol–water partition coefficient (Wildman–Crippen LogP) is 5.10. The maximum atomic E-state index is 12.6. The van der Waals surface area contributed by atoms with Crippen molar-refractivity contribution in [1.29, 1.82) is 0 Å². The molecule has 0 aliphatic carbocycles. The van der Waals surface area contributed by atoms with Crippen LogP contribution in [0.4, 0.5) is 5.69 Å². The van der Waals surface area contributed by atoms with Gasteiger partial charge >= 0.3 is 0 Å². The van der Waals surface area contributed by atoms with Crippen molar-refractivity contribution in [2.24, 2.45) is 0 Å². The van der Waals surface area contributed by atoms with Gasteiger partial charge in [-0.2, -0.15) is 0 Å². The predicted molar refractivity (Wildman–Crippen MR) is 102 cm³/mol. The Kier molecular flexibility index (Phi) is 4.15. The summed E-state index contributed by atoms with van der Waals surface area (Å²) in [4.78, 5) is 17.0. The molecule has 0 saturated carbocycles. The van der Waals surface area contributed by atoms with Crippen molar-refractivity contribution in [3.8, 4) is 0 Å². The van der Waals surface area contributed by atoms with Gasteiger partial charge in [0, 0.05) is 11.1 Å². The molecule has 1 aromatic heterocycles. The fourth-order valence-corrected chi connectivity index (χ4v) is 3.43. The molecule has 0 radical (unpaired) electrons. The molecule has 124 valence electrons. The Balaban J connectivity index is 1.52. The maximum absolute atomic E-state index is 12.6. The zero-order valence-electron chi connectivity index (χ0n) is 13.6. The lowest BCUT2D eigenvalue weighted by Gasteiger charge is -2.12. The molecule has 0 aliphatic rings. The molecule has 1 unspecified atom stereocenters. The normalized spacial score (nSPS) is 12.4. The number of carbonyl (C=O) groups is 1. The van der Waals surface area contributed by atoms with E-state index >= 15 is 0 Å².